The molecule has 4 rings (SSSR count). The van der Waals surface area contributed by atoms with Crippen LogP contribution in [0.15, 0.2) is 48.5 Å². The molecule has 1 aliphatic rings. The first-order valence-corrected chi connectivity index (χ1v) is 7.83. The molecule has 4 nitrogen and oxygen atoms in total. The summed E-state index contributed by atoms with van der Waals surface area (Å²) in [6, 6.07) is 12.5. The van der Waals surface area contributed by atoms with E-state index < -0.39 is 17.6 Å². The number of halogens is 3. The minimum absolute atomic E-state index is 0.00870. The van der Waals surface area contributed by atoms with Gasteiger partial charge < -0.3 is 9.88 Å². The molecule has 2 heterocycles. The van der Waals surface area contributed by atoms with Gasteiger partial charge in [0.1, 0.15) is 5.82 Å². The van der Waals surface area contributed by atoms with Crippen LogP contribution < -0.4 is 0 Å². The highest BCUT2D eigenvalue weighted by Crippen LogP contribution is 2.34. The lowest BCUT2D eigenvalue weighted by molar-refractivity contribution is -0.138. The summed E-state index contributed by atoms with van der Waals surface area (Å²) in [7, 11) is 0. The van der Waals surface area contributed by atoms with Crippen molar-refractivity contribution < 1.29 is 18.0 Å². The monoisotopic (exact) mass is 345 g/mol. The summed E-state index contributed by atoms with van der Waals surface area (Å²) in [5.41, 5.74) is 0.541. The normalized spacial score (nSPS) is 15.4. The van der Waals surface area contributed by atoms with Gasteiger partial charge >= 0.3 is 6.18 Å². The maximum atomic E-state index is 13.1. The van der Waals surface area contributed by atoms with Crippen molar-refractivity contribution in [2.45, 2.75) is 12.1 Å². The fourth-order valence-electron chi connectivity index (χ4n) is 3.07. The minimum atomic E-state index is -4.55. The largest absolute Gasteiger partial charge is 0.417 e. The Morgan fingerprint density at radius 1 is 1.08 bits per heavy atom. The third kappa shape index (κ3) is 2.75. The van der Waals surface area contributed by atoms with E-state index in [9.17, 15) is 18.0 Å². The maximum absolute atomic E-state index is 13.1. The Morgan fingerprint density at radius 2 is 1.76 bits per heavy atom. The molecule has 128 valence electrons. The number of rotatable bonds is 2. The van der Waals surface area contributed by atoms with Crippen LogP contribution in [0, 0.1) is 0 Å². The van der Waals surface area contributed by atoms with Crippen molar-refractivity contribution in [3.05, 3.63) is 65.5 Å². The van der Waals surface area contributed by atoms with Gasteiger partial charge in [0.15, 0.2) is 0 Å². The van der Waals surface area contributed by atoms with Gasteiger partial charge in [0, 0.05) is 13.1 Å². The first kappa shape index (κ1) is 15.7. The van der Waals surface area contributed by atoms with E-state index in [0.29, 0.717) is 13.1 Å². The molecule has 1 N–H and O–H groups in total. The smallest absolute Gasteiger partial charge is 0.342 e. The average Bonchev–Trinajstić information content (AvgIpc) is 2.96. The van der Waals surface area contributed by atoms with Gasteiger partial charge in [0.25, 0.3) is 5.91 Å². The van der Waals surface area contributed by atoms with Gasteiger partial charge in [-0.15, -0.1) is 0 Å². The number of carbonyl (C=O) groups excluding carboxylic acids is 1. The van der Waals surface area contributed by atoms with Gasteiger partial charge in [-0.1, -0.05) is 24.3 Å². The van der Waals surface area contributed by atoms with E-state index in [4.69, 9.17) is 0 Å². The molecular formula is C18H14F3N3O. The Labute approximate surface area is 141 Å². The third-order valence-electron chi connectivity index (χ3n) is 4.43. The van der Waals surface area contributed by atoms with E-state index >= 15 is 0 Å². The zero-order valence-corrected chi connectivity index (χ0v) is 13.0. The molecule has 0 bridgehead atoms. The molecule has 2 aromatic carbocycles. The number of hydrogen-bond donors (Lipinski definition) is 1. The summed E-state index contributed by atoms with van der Waals surface area (Å²) in [5, 5.41) is 0. The number of benzene rings is 2. The highest BCUT2D eigenvalue weighted by atomic mass is 19.4. The van der Waals surface area contributed by atoms with Crippen molar-refractivity contribution in [2.24, 2.45) is 0 Å². The molecule has 1 aromatic heterocycles. The number of imidazole rings is 1. The molecule has 3 aromatic rings. The van der Waals surface area contributed by atoms with Gasteiger partial charge in [-0.2, -0.15) is 13.2 Å². The van der Waals surface area contributed by atoms with Crippen LogP contribution >= 0.6 is 0 Å². The van der Waals surface area contributed by atoms with Crippen LogP contribution in [0.4, 0.5) is 13.2 Å². The van der Waals surface area contributed by atoms with E-state index in [1.807, 2.05) is 24.3 Å². The van der Waals surface area contributed by atoms with Gasteiger partial charge in [-0.05, 0) is 24.3 Å². The number of fused-ring (bicyclic) bond motifs is 1. The average molecular weight is 345 g/mol. The van der Waals surface area contributed by atoms with Crippen LogP contribution in [0.25, 0.3) is 11.0 Å². The van der Waals surface area contributed by atoms with Crippen molar-refractivity contribution in [1.29, 1.82) is 0 Å². The van der Waals surface area contributed by atoms with Crippen molar-refractivity contribution in [3.63, 3.8) is 0 Å². The van der Waals surface area contributed by atoms with E-state index in [0.717, 1.165) is 22.9 Å². The minimum Gasteiger partial charge on any atom is -0.342 e. The molecule has 7 heteroatoms. The molecule has 1 amide bonds. The highest BCUT2D eigenvalue weighted by molar-refractivity contribution is 5.96. The predicted octanol–water partition coefficient (Wildman–Crippen LogP) is 3.82. The number of para-hydroxylation sites is 2. The summed E-state index contributed by atoms with van der Waals surface area (Å²) in [5.74, 6) is 0.170. The van der Waals surface area contributed by atoms with Crippen LogP contribution in [-0.2, 0) is 6.18 Å². The Hall–Kier alpha value is -2.83. The zero-order chi connectivity index (χ0) is 17.6. The molecule has 0 spiro atoms. The summed E-state index contributed by atoms with van der Waals surface area (Å²) < 4.78 is 39.2. The quantitative estimate of drug-likeness (QED) is 0.768. The number of H-pyrrole nitrogens is 1. The standard InChI is InChI=1S/C18H14F3N3O/c19-18(20,21)13-6-2-1-5-12(13)17(25)24-9-11(10-24)16-22-14-7-3-4-8-15(14)23-16/h1-8,11H,9-10H2,(H,22,23). The number of hydrogen-bond acceptors (Lipinski definition) is 2. The second-order valence-electron chi connectivity index (χ2n) is 6.09. The van der Waals surface area contributed by atoms with E-state index in [1.54, 1.807) is 0 Å². The number of aromatic amines is 1. The topological polar surface area (TPSA) is 49.0 Å². The van der Waals surface area contributed by atoms with Gasteiger partial charge in [-0.3, -0.25) is 4.79 Å². The van der Waals surface area contributed by atoms with E-state index in [1.165, 1.54) is 23.1 Å². The number of carbonyl (C=O) groups is 1. The highest BCUT2D eigenvalue weighted by Gasteiger charge is 2.39. The number of amides is 1. The second-order valence-corrected chi connectivity index (χ2v) is 6.09. The third-order valence-corrected chi connectivity index (χ3v) is 4.43. The molecule has 0 aliphatic carbocycles. The Balaban J connectivity index is 1.52. The lowest BCUT2D eigenvalue weighted by Crippen LogP contribution is -2.49. The Kier molecular flexibility index (Phi) is 3.52. The van der Waals surface area contributed by atoms with Gasteiger partial charge in [0.05, 0.1) is 28.1 Å². The van der Waals surface area contributed by atoms with Crippen LogP contribution in [0.3, 0.4) is 0 Å². The van der Waals surface area contributed by atoms with Gasteiger partial charge in [-0.25, -0.2) is 4.98 Å². The number of nitrogens with one attached hydrogen (secondary N) is 1. The number of nitrogens with zero attached hydrogens (tertiary/aromatic N) is 2. The van der Waals surface area contributed by atoms with E-state index in [-0.39, 0.29) is 11.5 Å². The van der Waals surface area contributed by atoms with Crippen molar-refractivity contribution >= 4 is 16.9 Å². The van der Waals surface area contributed by atoms with Crippen molar-refractivity contribution in [2.75, 3.05) is 13.1 Å². The zero-order valence-electron chi connectivity index (χ0n) is 13.0. The van der Waals surface area contributed by atoms with E-state index in [2.05, 4.69) is 9.97 Å². The first-order chi connectivity index (χ1) is 11.9. The molecule has 25 heavy (non-hydrogen) atoms. The van der Waals surface area contributed by atoms with Crippen molar-refractivity contribution in [1.82, 2.24) is 14.9 Å². The van der Waals surface area contributed by atoms with Crippen LogP contribution in [0.5, 0.6) is 0 Å². The molecular weight excluding hydrogens is 331 g/mol. The molecule has 0 atom stereocenters. The first-order valence-electron chi connectivity index (χ1n) is 7.83. The van der Waals surface area contributed by atoms with Crippen molar-refractivity contribution in [3.8, 4) is 0 Å². The van der Waals surface area contributed by atoms with Crippen LogP contribution in [0.1, 0.15) is 27.7 Å². The fourth-order valence-corrected chi connectivity index (χ4v) is 3.07. The summed E-state index contributed by atoms with van der Waals surface area (Å²) in [6.45, 7) is 0.704. The molecule has 1 fully saturated rings. The second kappa shape index (κ2) is 5.61. The Bertz CT molecular complexity index is 909. The van der Waals surface area contributed by atoms with Gasteiger partial charge in [0.2, 0.25) is 0 Å². The number of aromatic nitrogens is 2. The molecule has 0 saturated carbocycles. The SMILES string of the molecule is O=C(c1ccccc1C(F)(F)F)N1CC(c2nc3ccccc3[nH]2)C1. The van der Waals surface area contributed by atoms with Crippen LogP contribution in [0.2, 0.25) is 0 Å². The molecule has 0 radical (unpaired) electrons. The van der Waals surface area contributed by atoms with Crippen LogP contribution in [-0.4, -0.2) is 33.9 Å². The fraction of sp³-hybridized carbons (Fsp3) is 0.222. The molecule has 0 unspecified atom stereocenters. The lowest BCUT2D eigenvalue weighted by Gasteiger charge is -2.38. The predicted molar refractivity (Wildman–Crippen MR) is 86.2 cm³/mol. The molecule has 1 aliphatic heterocycles. The molecule has 1 saturated heterocycles. The summed E-state index contributed by atoms with van der Waals surface area (Å²) in [4.78, 5) is 21.5. The number of likely N-dealkylation sites (tertiary alicyclic amines) is 1. The summed E-state index contributed by atoms with van der Waals surface area (Å²) >= 11 is 0. The number of alkyl halides is 3. The summed E-state index contributed by atoms with van der Waals surface area (Å²) in [6.07, 6.45) is -4.55. The Morgan fingerprint density at radius 3 is 2.48 bits per heavy atom. The lowest BCUT2D eigenvalue weighted by atomic mass is 9.96. The maximum Gasteiger partial charge on any atom is 0.417 e.